The van der Waals surface area contributed by atoms with E-state index in [1.807, 2.05) is 0 Å². The van der Waals surface area contributed by atoms with Gasteiger partial charge in [-0.05, 0) is 24.3 Å². The fraction of sp³-hybridized carbons (Fsp3) is 0. The Labute approximate surface area is 136 Å². The molecular formula is C17H11N3O4. The molecule has 0 amide bonds. The molecule has 0 unspecified atom stereocenters. The van der Waals surface area contributed by atoms with E-state index in [2.05, 4.69) is 15.0 Å². The predicted octanol–water partition coefficient (Wildman–Crippen LogP) is 2.60. The molecule has 0 aliphatic heterocycles. The normalized spacial score (nSPS) is 10.3. The third-order valence-corrected chi connectivity index (χ3v) is 3.35. The summed E-state index contributed by atoms with van der Waals surface area (Å²) in [5.41, 5.74) is 1.67. The summed E-state index contributed by atoms with van der Waals surface area (Å²) in [6.45, 7) is 0. The topological polar surface area (TPSA) is 113 Å². The second kappa shape index (κ2) is 6.25. The Hall–Kier alpha value is -3.61. The van der Waals surface area contributed by atoms with Crippen LogP contribution in [0.5, 0.6) is 0 Å². The highest BCUT2D eigenvalue weighted by Crippen LogP contribution is 2.20. The predicted molar refractivity (Wildman–Crippen MR) is 84.6 cm³/mol. The van der Waals surface area contributed by atoms with Gasteiger partial charge in [0.1, 0.15) is 6.33 Å². The summed E-state index contributed by atoms with van der Waals surface area (Å²) in [4.78, 5) is 34.3. The maximum atomic E-state index is 10.9. The molecule has 2 aromatic carbocycles. The fourth-order valence-corrected chi connectivity index (χ4v) is 2.10. The number of carboxylic acids is 2. The van der Waals surface area contributed by atoms with E-state index in [0.29, 0.717) is 22.8 Å². The Morgan fingerprint density at radius 2 is 1.04 bits per heavy atom. The molecule has 1 heterocycles. The first-order chi connectivity index (χ1) is 11.5. The molecule has 7 heteroatoms. The Balaban J connectivity index is 1.94. The minimum Gasteiger partial charge on any atom is -0.478 e. The number of hydrogen-bond acceptors (Lipinski definition) is 5. The van der Waals surface area contributed by atoms with E-state index < -0.39 is 11.9 Å². The Kier molecular flexibility index (Phi) is 3.98. The highest BCUT2D eigenvalue weighted by molar-refractivity contribution is 5.88. The molecule has 118 valence electrons. The lowest BCUT2D eigenvalue weighted by Gasteiger charge is -2.04. The number of carbonyl (C=O) groups is 2. The van der Waals surface area contributed by atoms with Crippen LogP contribution >= 0.6 is 0 Å². The molecule has 1 aromatic heterocycles. The second-order valence-corrected chi connectivity index (χ2v) is 4.90. The van der Waals surface area contributed by atoms with Gasteiger partial charge in [0, 0.05) is 11.1 Å². The molecule has 0 atom stereocenters. The van der Waals surface area contributed by atoms with Crippen LogP contribution in [0, 0.1) is 0 Å². The van der Waals surface area contributed by atoms with Crippen LogP contribution in [-0.4, -0.2) is 37.1 Å². The van der Waals surface area contributed by atoms with E-state index in [9.17, 15) is 9.59 Å². The van der Waals surface area contributed by atoms with Crippen molar-refractivity contribution in [3.05, 3.63) is 66.0 Å². The number of benzene rings is 2. The average molecular weight is 321 g/mol. The number of aromatic carboxylic acids is 2. The van der Waals surface area contributed by atoms with Gasteiger partial charge in [0.15, 0.2) is 11.6 Å². The molecule has 0 spiro atoms. The van der Waals surface area contributed by atoms with Gasteiger partial charge in [0.05, 0.1) is 11.1 Å². The molecule has 0 aliphatic carbocycles. The Morgan fingerprint density at radius 3 is 1.38 bits per heavy atom. The summed E-state index contributed by atoms with van der Waals surface area (Å²) in [6, 6.07) is 12.4. The number of carboxylic acid groups (broad SMARTS) is 2. The number of nitrogens with zero attached hydrogens (tertiary/aromatic N) is 3. The van der Waals surface area contributed by atoms with Gasteiger partial charge >= 0.3 is 11.9 Å². The van der Waals surface area contributed by atoms with Crippen LogP contribution < -0.4 is 0 Å². The van der Waals surface area contributed by atoms with Crippen molar-refractivity contribution in [3.8, 4) is 22.8 Å². The van der Waals surface area contributed by atoms with Crippen molar-refractivity contribution in [2.45, 2.75) is 0 Å². The van der Waals surface area contributed by atoms with Crippen LogP contribution in [0.3, 0.4) is 0 Å². The van der Waals surface area contributed by atoms with Crippen molar-refractivity contribution >= 4 is 11.9 Å². The van der Waals surface area contributed by atoms with Gasteiger partial charge in [-0.15, -0.1) is 0 Å². The van der Waals surface area contributed by atoms with Gasteiger partial charge in [-0.1, -0.05) is 24.3 Å². The maximum absolute atomic E-state index is 10.9. The highest BCUT2D eigenvalue weighted by Gasteiger charge is 2.09. The quantitative estimate of drug-likeness (QED) is 0.759. The minimum atomic E-state index is -1.00. The van der Waals surface area contributed by atoms with Crippen molar-refractivity contribution in [1.29, 1.82) is 0 Å². The first-order valence-electron chi connectivity index (χ1n) is 6.91. The Morgan fingerprint density at radius 1 is 0.667 bits per heavy atom. The van der Waals surface area contributed by atoms with Gasteiger partial charge in [0.2, 0.25) is 0 Å². The van der Waals surface area contributed by atoms with Crippen molar-refractivity contribution in [3.63, 3.8) is 0 Å². The molecule has 7 nitrogen and oxygen atoms in total. The van der Waals surface area contributed by atoms with E-state index in [0.717, 1.165) is 0 Å². The lowest BCUT2D eigenvalue weighted by atomic mass is 10.1. The zero-order chi connectivity index (χ0) is 17.1. The van der Waals surface area contributed by atoms with Gasteiger partial charge in [-0.2, -0.15) is 0 Å². The van der Waals surface area contributed by atoms with E-state index >= 15 is 0 Å². The lowest BCUT2D eigenvalue weighted by molar-refractivity contribution is 0.0686. The van der Waals surface area contributed by atoms with Gasteiger partial charge in [-0.3, -0.25) is 0 Å². The molecule has 3 rings (SSSR count). The monoisotopic (exact) mass is 321 g/mol. The molecular weight excluding hydrogens is 310 g/mol. The number of rotatable bonds is 4. The van der Waals surface area contributed by atoms with Gasteiger partial charge in [0.25, 0.3) is 0 Å². The summed E-state index contributed by atoms with van der Waals surface area (Å²) >= 11 is 0. The Bertz CT molecular complexity index is 833. The summed E-state index contributed by atoms with van der Waals surface area (Å²) in [5, 5.41) is 17.8. The lowest BCUT2D eigenvalue weighted by Crippen LogP contribution is -1.98. The van der Waals surface area contributed by atoms with Crippen LogP contribution in [0.2, 0.25) is 0 Å². The summed E-state index contributed by atoms with van der Waals surface area (Å²) in [5.74, 6) is -1.20. The molecule has 0 bridgehead atoms. The molecule has 3 aromatic rings. The van der Waals surface area contributed by atoms with Crippen LogP contribution in [0.25, 0.3) is 22.8 Å². The average Bonchev–Trinajstić information content (AvgIpc) is 2.62. The highest BCUT2D eigenvalue weighted by atomic mass is 16.4. The number of hydrogen-bond donors (Lipinski definition) is 2. The first-order valence-corrected chi connectivity index (χ1v) is 6.91. The SMILES string of the molecule is O=C(O)c1ccc(-c2ncnc(-c3ccc(C(=O)O)cc3)n2)cc1. The summed E-state index contributed by atoms with van der Waals surface area (Å²) in [6.07, 6.45) is 1.36. The van der Waals surface area contributed by atoms with Crippen LogP contribution in [0.1, 0.15) is 20.7 Å². The van der Waals surface area contributed by atoms with Crippen molar-refractivity contribution < 1.29 is 19.8 Å². The minimum absolute atomic E-state index is 0.178. The fourth-order valence-electron chi connectivity index (χ4n) is 2.10. The van der Waals surface area contributed by atoms with E-state index in [-0.39, 0.29) is 11.1 Å². The van der Waals surface area contributed by atoms with Crippen molar-refractivity contribution in [2.24, 2.45) is 0 Å². The molecule has 0 saturated carbocycles. The molecule has 2 N–H and O–H groups in total. The standard InChI is InChI=1S/C17H11N3O4/c21-16(22)12-5-1-10(2-6-12)14-18-9-19-15(20-14)11-3-7-13(8-4-11)17(23)24/h1-9H,(H,21,22)(H,23,24). The molecule has 0 fully saturated rings. The van der Waals surface area contributed by atoms with E-state index in [1.54, 1.807) is 24.3 Å². The zero-order valence-corrected chi connectivity index (χ0v) is 12.2. The third-order valence-electron chi connectivity index (χ3n) is 3.35. The van der Waals surface area contributed by atoms with Crippen LogP contribution in [-0.2, 0) is 0 Å². The zero-order valence-electron chi connectivity index (χ0n) is 12.2. The largest absolute Gasteiger partial charge is 0.478 e. The summed E-state index contributed by atoms with van der Waals surface area (Å²) in [7, 11) is 0. The molecule has 0 aliphatic rings. The van der Waals surface area contributed by atoms with Crippen molar-refractivity contribution in [1.82, 2.24) is 15.0 Å². The number of aromatic nitrogens is 3. The maximum Gasteiger partial charge on any atom is 0.335 e. The smallest absolute Gasteiger partial charge is 0.335 e. The van der Waals surface area contributed by atoms with Crippen molar-refractivity contribution in [2.75, 3.05) is 0 Å². The molecule has 24 heavy (non-hydrogen) atoms. The van der Waals surface area contributed by atoms with Gasteiger partial charge < -0.3 is 10.2 Å². The first kappa shape index (κ1) is 15.3. The molecule has 0 radical (unpaired) electrons. The van der Waals surface area contributed by atoms with E-state index in [4.69, 9.17) is 10.2 Å². The van der Waals surface area contributed by atoms with Gasteiger partial charge in [-0.25, -0.2) is 24.5 Å². The summed E-state index contributed by atoms with van der Waals surface area (Å²) < 4.78 is 0. The second-order valence-electron chi connectivity index (χ2n) is 4.90. The third kappa shape index (κ3) is 3.09. The van der Waals surface area contributed by atoms with Crippen LogP contribution in [0.4, 0.5) is 0 Å². The molecule has 0 saturated heterocycles. The van der Waals surface area contributed by atoms with E-state index in [1.165, 1.54) is 30.6 Å². The van der Waals surface area contributed by atoms with Crippen LogP contribution in [0.15, 0.2) is 54.9 Å².